The van der Waals surface area contributed by atoms with Crippen LogP contribution in [-0.4, -0.2) is 31.2 Å². The minimum Gasteiger partial charge on any atom is -0.486 e. The van der Waals surface area contributed by atoms with Gasteiger partial charge in [-0.15, -0.1) is 11.3 Å². The molecule has 0 fully saturated rings. The number of hydrogen-bond donors (Lipinski definition) is 1. The number of fused-ring (bicyclic) bond motifs is 2. The maximum Gasteiger partial charge on any atom is 0.349 e. The number of esters is 1. The summed E-state index contributed by atoms with van der Waals surface area (Å²) < 4.78 is 30.2. The molecule has 0 saturated heterocycles. The zero-order valence-corrected chi connectivity index (χ0v) is 15.7. The number of hydrogen-bond acceptors (Lipinski definition) is 6. The summed E-state index contributed by atoms with van der Waals surface area (Å²) >= 11 is 1.18. The van der Waals surface area contributed by atoms with E-state index in [1.54, 1.807) is 30.3 Å². The first-order chi connectivity index (χ1) is 13.5. The van der Waals surface area contributed by atoms with Gasteiger partial charge in [0.05, 0.1) is 0 Å². The summed E-state index contributed by atoms with van der Waals surface area (Å²) in [6.07, 6.45) is -1.01. The highest BCUT2D eigenvalue weighted by Gasteiger charge is 2.21. The van der Waals surface area contributed by atoms with Gasteiger partial charge in [0.2, 0.25) is 0 Å². The van der Waals surface area contributed by atoms with E-state index in [0.717, 1.165) is 4.70 Å². The highest BCUT2D eigenvalue weighted by atomic mass is 32.1. The molecule has 144 valence electrons. The van der Waals surface area contributed by atoms with Crippen LogP contribution in [0.3, 0.4) is 0 Å². The number of rotatable bonds is 4. The molecule has 1 aromatic heterocycles. The Labute approximate surface area is 163 Å². The van der Waals surface area contributed by atoms with Crippen LogP contribution in [0.5, 0.6) is 11.5 Å². The van der Waals surface area contributed by atoms with Gasteiger partial charge in [-0.2, -0.15) is 0 Å². The number of benzene rings is 2. The lowest BCUT2D eigenvalue weighted by atomic mass is 10.2. The van der Waals surface area contributed by atoms with E-state index in [1.165, 1.54) is 30.4 Å². The fraction of sp³-hybridized carbons (Fsp3) is 0.200. The molecule has 2 heterocycles. The molecule has 0 spiro atoms. The molecular weight excluding hydrogens is 385 g/mol. The maximum atomic E-state index is 13.3. The summed E-state index contributed by atoms with van der Waals surface area (Å²) in [5.41, 5.74) is 0.509. The molecule has 8 heteroatoms. The van der Waals surface area contributed by atoms with Crippen LogP contribution < -0.4 is 14.8 Å². The van der Waals surface area contributed by atoms with Crippen LogP contribution in [0.25, 0.3) is 10.1 Å². The number of thiophene rings is 1. The zero-order valence-electron chi connectivity index (χ0n) is 14.9. The van der Waals surface area contributed by atoms with Crippen molar-refractivity contribution >= 4 is 39.0 Å². The number of halogens is 1. The van der Waals surface area contributed by atoms with Crippen molar-refractivity contribution < 1.29 is 28.2 Å². The number of ether oxygens (including phenoxy) is 3. The average molecular weight is 401 g/mol. The lowest BCUT2D eigenvalue weighted by molar-refractivity contribution is -0.123. The van der Waals surface area contributed by atoms with E-state index in [-0.39, 0.29) is 5.82 Å². The van der Waals surface area contributed by atoms with Gasteiger partial charge in [-0.05, 0) is 48.7 Å². The minimum atomic E-state index is -1.01. The summed E-state index contributed by atoms with van der Waals surface area (Å²) in [6, 6.07) is 10.9. The van der Waals surface area contributed by atoms with E-state index < -0.39 is 18.0 Å². The second-order valence-electron chi connectivity index (χ2n) is 6.19. The van der Waals surface area contributed by atoms with E-state index >= 15 is 0 Å². The molecule has 0 radical (unpaired) electrons. The third kappa shape index (κ3) is 3.77. The Morgan fingerprint density at radius 1 is 1.11 bits per heavy atom. The van der Waals surface area contributed by atoms with Gasteiger partial charge in [-0.1, -0.05) is 0 Å². The third-order valence-electron chi connectivity index (χ3n) is 4.14. The Kier molecular flexibility index (Phi) is 4.87. The van der Waals surface area contributed by atoms with E-state index in [1.807, 2.05) is 0 Å². The Bertz CT molecular complexity index is 1060. The van der Waals surface area contributed by atoms with Gasteiger partial charge in [-0.25, -0.2) is 9.18 Å². The van der Waals surface area contributed by atoms with Crippen molar-refractivity contribution in [1.82, 2.24) is 0 Å². The van der Waals surface area contributed by atoms with E-state index in [9.17, 15) is 14.0 Å². The lowest BCUT2D eigenvalue weighted by Gasteiger charge is -2.19. The molecule has 0 bridgehead atoms. The molecule has 3 aromatic rings. The first kappa shape index (κ1) is 18.2. The van der Waals surface area contributed by atoms with Gasteiger partial charge in [0.25, 0.3) is 5.91 Å². The largest absolute Gasteiger partial charge is 0.486 e. The molecular formula is C20H16FNO5S. The Balaban J connectivity index is 1.41. The molecule has 4 rings (SSSR count). The lowest BCUT2D eigenvalue weighted by Crippen LogP contribution is -2.29. The molecule has 0 aliphatic carbocycles. The molecule has 28 heavy (non-hydrogen) atoms. The number of carbonyl (C=O) groups is 2. The zero-order chi connectivity index (χ0) is 19.7. The van der Waals surface area contributed by atoms with Crippen LogP contribution in [0, 0.1) is 5.82 Å². The summed E-state index contributed by atoms with van der Waals surface area (Å²) in [6.45, 7) is 2.41. The molecule has 1 N–H and O–H groups in total. The van der Waals surface area contributed by atoms with Crippen LogP contribution in [0.15, 0.2) is 42.5 Å². The molecule has 2 aromatic carbocycles. The summed E-state index contributed by atoms with van der Waals surface area (Å²) in [5.74, 6) is -0.322. The Hall–Kier alpha value is -3.13. The van der Waals surface area contributed by atoms with Gasteiger partial charge >= 0.3 is 5.97 Å². The van der Waals surface area contributed by atoms with Crippen LogP contribution in [0.1, 0.15) is 16.6 Å². The van der Waals surface area contributed by atoms with Gasteiger partial charge < -0.3 is 19.5 Å². The quantitative estimate of drug-likeness (QED) is 0.669. The van der Waals surface area contributed by atoms with E-state index in [4.69, 9.17) is 14.2 Å². The van der Waals surface area contributed by atoms with Crippen molar-refractivity contribution in [1.29, 1.82) is 0 Å². The van der Waals surface area contributed by atoms with Crippen molar-refractivity contribution in [2.45, 2.75) is 13.0 Å². The van der Waals surface area contributed by atoms with E-state index in [2.05, 4.69) is 5.32 Å². The SMILES string of the molecule is CC(OC(=O)c1cc2cc(F)ccc2s1)C(=O)Nc1ccc2c(c1)OCCO2. The van der Waals surface area contributed by atoms with Crippen LogP contribution in [-0.2, 0) is 9.53 Å². The summed E-state index contributed by atoms with van der Waals surface area (Å²) in [7, 11) is 0. The smallest absolute Gasteiger partial charge is 0.349 e. The van der Waals surface area contributed by atoms with Crippen molar-refractivity contribution in [3.8, 4) is 11.5 Å². The Morgan fingerprint density at radius 3 is 2.71 bits per heavy atom. The topological polar surface area (TPSA) is 73.9 Å². The maximum absolute atomic E-state index is 13.3. The summed E-state index contributed by atoms with van der Waals surface area (Å²) in [5, 5.41) is 3.30. The predicted octanol–water partition coefficient (Wildman–Crippen LogP) is 4.00. The standard InChI is InChI=1S/C20H16FNO5S/c1-11(19(23)22-14-3-4-15-16(10-14)26-7-6-25-15)27-20(24)18-9-12-8-13(21)2-5-17(12)28-18/h2-5,8-11H,6-7H2,1H3,(H,22,23). The highest BCUT2D eigenvalue weighted by molar-refractivity contribution is 7.20. The van der Waals surface area contributed by atoms with Crippen molar-refractivity contribution in [2.24, 2.45) is 0 Å². The first-order valence-electron chi connectivity index (χ1n) is 8.60. The van der Waals surface area contributed by atoms with Gasteiger partial charge in [0.1, 0.15) is 23.9 Å². The minimum absolute atomic E-state index is 0.305. The molecule has 1 unspecified atom stereocenters. The first-order valence-corrected chi connectivity index (χ1v) is 9.42. The van der Waals surface area contributed by atoms with Crippen molar-refractivity contribution in [3.63, 3.8) is 0 Å². The summed E-state index contributed by atoms with van der Waals surface area (Å²) in [4.78, 5) is 25.0. The monoisotopic (exact) mass is 401 g/mol. The number of amides is 1. The van der Waals surface area contributed by atoms with Gasteiger partial charge in [-0.3, -0.25) is 4.79 Å². The average Bonchev–Trinajstić information content (AvgIpc) is 3.11. The Morgan fingerprint density at radius 2 is 1.89 bits per heavy atom. The third-order valence-corrected chi connectivity index (χ3v) is 5.24. The predicted molar refractivity (Wildman–Crippen MR) is 103 cm³/mol. The molecule has 1 amide bonds. The number of nitrogens with one attached hydrogen (secondary N) is 1. The molecule has 6 nitrogen and oxygen atoms in total. The van der Waals surface area contributed by atoms with Crippen molar-refractivity contribution in [3.05, 3.63) is 53.2 Å². The molecule has 1 atom stereocenters. The van der Waals surface area contributed by atoms with Gasteiger partial charge in [0, 0.05) is 16.5 Å². The van der Waals surface area contributed by atoms with E-state index in [0.29, 0.717) is 40.7 Å². The second-order valence-corrected chi connectivity index (χ2v) is 7.27. The second kappa shape index (κ2) is 7.47. The number of carbonyl (C=O) groups excluding carboxylic acids is 2. The van der Waals surface area contributed by atoms with Crippen molar-refractivity contribution in [2.75, 3.05) is 18.5 Å². The highest BCUT2D eigenvalue weighted by Crippen LogP contribution is 2.32. The fourth-order valence-electron chi connectivity index (χ4n) is 2.75. The van der Waals surface area contributed by atoms with Crippen LogP contribution in [0.2, 0.25) is 0 Å². The fourth-order valence-corrected chi connectivity index (χ4v) is 3.68. The molecule has 1 aliphatic heterocycles. The van der Waals surface area contributed by atoms with Crippen LogP contribution >= 0.6 is 11.3 Å². The normalized spacial score (nSPS) is 13.8. The van der Waals surface area contributed by atoms with Crippen LogP contribution in [0.4, 0.5) is 10.1 Å². The molecule has 0 saturated carbocycles. The molecule has 1 aliphatic rings. The van der Waals surface area contributed by atoms with Gasteiger partial charge in [0.15, 0.2) is 17.6 Å². The number of anilines is 1.